The highest BCUT2D eigenvalue weighted by molar-refractivity contribution is 6.31. The van der Waals surface area contributed by atoms with E-state index in [0.29, 0.717) is 46.5 Å². The highest BCUT2D eigenvalue weighted by atomic mass is 35.5. The first-order valence-electron chi connectivity index (χ1n) is 11.7. The number of nitrogens with zero attached hydrogens (tertiary/aromatic N) is 1. The lowest BCUT2D eigenvalue weighted by Gasteiger charge is -2.37. The van der Waals surface area contributed by atoms with Crippen LogP contribution in [0.15, 0.2) is 89.1 Å². The normalized spacial score (nSPS) is 21.6. The summed E-state index contributed by atoms with van der Waals surface area (Å²) in [7, 11) is 0. The van der Waals surface area contributed by atoms with Crippen LogP contribution < -0.4 is 5.32 Å². The first-order valence-corrected chi connectivity index (χ1v) is 12.1. The Morgan fingerprint density at radius 1 is 1.00 bits per heavy atom. The molecule has 5 rings (SSSR count). The lowest BCUT2D eigenvalue weighted by Crippen LogP contribution is -2.40. The summed E-state index contributed by atoms with van der Waals surface area (Å²) in [6.45, 7) is 1.73. The number of amides is 1. The molecule has 3 aromatic carbocycles. The molecule has 0 saturated carbocycles. The van der Waals surface area contributed by atoms with Gasteiger partial charge in [-0.25, -0.2) is 8.78 Å². The van der Waals surface area contributed by atoms with Crippen LogP contribution in [0.2, 0.25) is 5.02 Å². The third kappa shape index (κ3) is 4.49. The first kappa shape index (κ1) is 24.1. The highest BCUT2D eigenvalue weighted by Gasteiger charge is 2.44. The van der Waals surface area contributed by atoms with Gasteiger partial charge in [0.15, 0.2) is 5.78 Å². The number of rotatable bonds is 4. The Morgan fingerprint density at radius 2 is 1.72 bits per heavy atom. The second-order valence-corrected chi connectivity index (χ2v) is 9.55. The van der Waals surface area contributed by atoms with Crippen LogP contribution in [0.25, 0.3) is 0 Å². The fourth-order valence-corrected chi connectivity index (χ4v) is 5.48. The maximum atomic E-state index is 14.3. The number of hydrogen-bond acceptors (Lipinski definition) is 3. The number of carbonyl (C=O) groups excluding carboxylic acids is 2. The minimum atomic E-state index is -0.898. The quantitative estimate of drug-likeness (QED) is 0.423. The maximum Gasteiger partial charge on any atom is 0.234 e. The molecule has 7 heteroatoms. The van der Waals surface area contributed by atoms with Gasteiger partial charge >= 0.3 is 0 Å². The van der Waals surface area contributed by atoms with E-state index >= 15 is 0 Å². The lowest BCUT2D eigenvalue weighted by molar-refractivity contribution is -0.119. The molecule has 3 atom stereocenters. The SMILES string of the molecule is CC1=NC2=C(C(=O)C[C@@H](c3ccccc3)C2)[C@H](c2ccccc2Cl)C1C(=O)Nc1ccc(F)cc1F. The van der Waals surface area contributed by atoms with E-state index in [1.165, 1.54) is 6.07 Å². The second-order valence-electron chi connectivity index (χ2n) is 9.14. The highest BCUT2D eigenvalue weighted by Crippen LogP contribution is 2.48. The summed E-state index contributed by atoms with van der Waals surface area (Å²) < 4.78 is 27.7. The smallest absolute Gasteiger partial charge is 0.234 e. The number of benzene rings is 3. The Labute approximate surface area is 212 Å². The summed E-state index contributed by atoms with van der Waals surface area (Å²) in [6.07, 6.45) is 0.851. The molecule has 4 nitrogen and oxygen atoms in total. The van der Waals surface area contributed by atoms with Crippen LogP contribution in [0.4, 0.5) is 14.5 Å². The van der Waals surface area contributed by atoms with Crippen molar-refractivity contribution in [1.29, 1.82) is 0 Å². The van der Waals surface area contributed by atoms with E-state index in [4.69, 9.17) is 16.6 Å². The van der Waals surface area contributed by atoms with E-state index in [-0.39, 0.29) is 17.4 Å². The van der Waals surface area contributed by atoms with Gasteiger partial charge in [0.1, 0.15) is 11.6 Å². The number of allylic oxidation sites excluding steroid dienone is 2. The number of ketones is 1. The Hall–Kier alpha value is -3.64. The maximum absolute atomic E-state index is 14.3. The van der Waals surface area contributed by atoms with Crippen LogP contribution in [0.1, 0.15) is 42.7 Å². The van der Waals surface area contributed by atoms with Crippen LogP contribution >= 0.6 is 11.6 Å². The fourth-order valence-electron chi connectivity index (χ4n) is 5.23. The van der Waals surface area contributed by atoms with E-state index in [0.717, 1.165) is 11.6 Å². The zero-order chi connectivity index (χ0) is 25.4. The molecule has 2 aliphatic rings. The summed E-state index contributed by atoms with van der Waals surface area (Å²) in [4.78, 5) is 31.9. The molecule has 0 bridgehead atoms. The molecule has 3 aromatic rings. The largest absolute Gasteiger partial charge is 0.323 e. The number of halogens is 3. The summed E-state index contributed by atoms with van der Waals surface area (Å²) in [5.74, 6) is -3.86. The molecule has 0 fully saturated rings. The molecule has 1 aliphatic heterocycles. The molecule has 182 valence electrons. The molecule has 0 saturated heterocycles. The molecule has 0 aromatic heterocycles. The summed E-state index contributed by atoms with van der Waals surface area (Å²) in [6, 6.07) is 19.9. The number of hydrogen-bond donors (Lipinski definition) is 1. The third-order valence-electron chi connectivity index (χ3n) is 6.87. The summed E-state index contributed by atoms with van der Waals surface area (Å²) in [5.41, 5.74) is 3.17. The average molecular weight is 505 g/mol. The molecule has 1 aliphatic carbocycles. The monoisotopic (exact) mass is 504 g/mol. The van der Waals surface area contributed by atoms with E-state index < -0.39 is 29.4 Å². The van der Waals surface area contributed by atoms with Gasteiger partial charge in [-0.15, -0.1) is 0 Å². The number of anilines is 1. The molecule has 1 N–H and O–H groups in total. The van der Waals surface area contributed by atoms with Crippen molar-refractivity contribution in [3.63, 3.8) is 0 Å². The Balaban J connectivity index is 1.57. The lowest BCUT2D eigenvalue weighted by atomic mass is 9.69. The zero-order valence-corrected chi connectivity index (χ0v) is 20.2. The molecular weight excluding hydrogens is 482 g/mol. The molecular formula is C29H23ClF2N2O2. The predicted octanol–water partition coefficient (Wildman–Crippen LogP) is 6.83. The van der Waals surface area contributed by atoms with E-state index in [1.807, 2.05) is 30.3 Å². The average Bonchev–Trinajstić information content (AvgIpc) is 2.85. The number of nitrogens with one attached hydrogen (secondary N) is 1. The number of aliphatic imine (C=N–C) groups is 1. The number of carbonyl (C=O) groups is 2. The van der Waals surface area contributed by atoms with Crippen LogP contribution in [-0.2, 0) is 9.59 Å². The van der Waals surface area contributed by atoms with Gasteiger partial charge in [0.25, 0.3) is 0 Å². The number of Topliss-reactive ketones (excluding diaryl/α,β-unsaturated/α-hetero) is 1. The minimum absolute atomic E-state index is 0.0143. The van der Waals surface area contributed by atoms with Crippen LogP contribution in [0.3, 0.4) is 0 Å². The van der Waals surface area contributed by atoms with Gasteiger partial charge in [-0.3, -0.25) is 14.6 Å². The molecule has 1 amide bonds. The van der Waals surface area contributed by atoms with Crippen molar-refractivity contribution in [1.82, 2.24) is 0 Å². The van der Waals surface area contributed by atoms with Crippen molar-refractivity contribution in [2.45, 2.75) is 31.6 Å². The van der Waals surface area contributed by atoms with Crippen LogP contribution in [0.5, 0.6) is 0 Å². The van der Waals surface area contributed by atoms with Gasteiger partial charge < -0.3 is 5.32 Å². The standard InChI is InChI=1S/C29H23ClF2N2O2/c1-16-26(29(36)34-23-12-11-19(31)15-22(23)32)27(20-9-5-6-10-21(20)30)28-24(33-16)13-18(14-25(28)35)17-7-3-2-4-8-17/h2-12,15,18,26-27H,13-14H2,1H3,(H,34,36)/t18-,26?,27+/m0/s1. The Bertz CT molecular complexity index is 1420. The Morgan fingerprint density at radius 3 is 2.44 bits per heavy atom. The van der Waals surface area contributed by atoms with Gasteiger partial charge in [0.05, 0.1) is 11.6 Å². The second kappa shape index (κ2) is 9.78. The van der Waals surface area contributed by atoms with E-state index in [9.17, 15) is 18.4 Å². The third-order valence-corrected chi connectivity index (χ3v) is 7.22. The summed E-state index contributed by atoms with van der Waals surface area (Å²) in [5, 5.41) is 2.99. The van der Waals surface area contributed by atoms with Crippen LogP contribution in [0, 0.1) is 17.6 Å². The van der Waals surface area contributed by atoms with Gasteiger partial charge in [0.2, 0.25) is 5.91 Å². The van der Waals surface area contributed by atoms with Crippen LogP contribution in [-0.4, -0.2) is 17.4 Å². The summed E-state index contributed by atoms with van der Waals surface area (Å²) >= 11 is 6.57. The van der Waals surface area contributed by atoms with Crippen molar-refractivity contribution >= 4 is 34.7 Å². The van der Waals surface area contributed by atoms with Crippen molar-refractivity contribution in [3.8, 4) is 0 Å². The topological polar surface area (TPSA) is 58.5 Å². The van der Waals surface area contributed by atoms with Gasteiger partial charge in [0, 0.05) is 40.4 Å². The van der Waals surface area contributed by atoms with E-state index in [2.05, 4.69) is 5.32 Å². The van der Waals surface area contributed by atoms with Gasteiger partial charge in [-0.2, -0.15) is 0 Å². The minimum Gasteiger partial charge on any atom is -0.323 e. The molecule has 0 spiro atoms. The van der Waals surface area contributed by atoms with Crippen molar-refractivity contribution < 1.29 is 18.4 Å². The van der Waals surface area contributed by atoms with E-state index in [1.54, 1.807) is 31.2 Å². The van der Waals surface area contributed by atoms with Gasteiger partial charge in [-0.1, -0.05) is 60.1 Å². The van der Waals surface area contributed by atoms with Crippen molar-refractivity contribution in [2.75, 3.05) is 5.32 Å². The molecule has 36 heavy (non-hydrogen) atoms. The predicted molar refractivity (Wildman–Crippen MR) is 136 cm³/mol. The molecule has 1 unspecified atom stereocenters. The zero-order valence-electron chi connectivity index (χ0n) is 19.5. The van der Waals surface area contributed by atoms with Crippen molar-refractivity contribution in [2.24, 2.45) is 10.9 Å². The van der Waals surface area contributed by atoms with Crippen molar-refractivity contribution in [3.05, 3.63) is 112 Å². The molecule has 0 radical (unpaired) electrons. The van der Waals surface area contributed by atoms with Gasteiger partial charge in [-0.05, 0) is 48.6 Å². The first-order chi connectivity index (χ1) is 17.3. The molecule has 1 heterocycles. The Kier molecular flexibility index (Phi) is 6.54. The fraction of sp³-hybridized carbons (Fsp3) is 0.207.